The lowest BCUT2D eigenvalue weighted by atomic mass is 10.1. The molecule has 494 valence electrons. The number of nitrogens with one attached hydrogen (secondary N) is 3. The molecule has 24 heteroatoms. The Bertz CT molecular complexity index is 1640. The summed E-state index contributed by atoms with van der Waals surface area (Å²) in [4.78, 5) is 67.7. The molecule has 0 aliphatic heterocycles. The van der Waals surface area contributed by atoms with Crippen molar-refractivity contribution in [1.29, 1.82) is 0 Å². The number of ketones is 3. The van der Waals surface area contributed by atoms with Gasteiger partial charge in [-0.2, -0.15) is 0 Å². The molecule has 84 heavy (non-hydrogen) atoms. The molecule has 1 atom stereocenters. The number of anilines is 1. The lowest BCUT2D eigenvalue weighted by molar-refractivity contribution is -0.141. The van der Waals surface area contributed by atoms with Crippen LogP contribution in [0.4, 0.5) is 5.69 Å². The highest BCUT2D eigenvalue weighted by Gasteiger charge is 2.14. The van der Waals surface area contributed by atoms with Crippen molar-refractivity contribution in [3.8, 4) is 0 Å². The summed E-state index contributed by atoms with van der Waals surface area (Å²) in [6, 6.07) is 6.82. The van der Waals surface area contributed by atoms with Gasteiger partial charge in [0.25, 0.3) is 5.91 Å². The molecule has 0 aromatic heterocycles. The van der Waals surface area contributed by atoms with Crippen LogP contribution in [0.25, 0.3) is 0 Å². The number of benzene rings is 1. The van der Waals surface area contributed by atoms with Gasteiger partial charge in [0.2, 0.25) is 11.8 Å². The van der Waals surface area contributed by atoms with Crippen LogP contribution in [0.3, 0.4) is 0 Å². The molecule has 1 aromatic carbocycles. The maximum Gasteiger partial charge on any atom is 0.251 e. The molecule has 0 spiro atoms. The number of nitrogen functional groups attached to an aromatic ring is 1. The molecule has 0 aliphatic rings. The van der Waals surface area contributed by atoms with Gasteiger partial charge >= 0.3 is 0 Å². The number of unbranched alkanes of at least 4 members (excludes halogenated alkanes) is 1. The lowest BCUT2D eigenvalue weighted by Gasteiger charge is -2.16. The number of hydrogen-bond acceptors (Lipinski definition) is 21. The van der Waals surface area contributed by atoms with E-state index in [0.717, 1.165) is 51.4 Å². The fourth-order valence-electron chi connectivity index (χ4n) is 7.36. The second kappa shape index (κ2) is 66.4. The number of ether oxygens (including phenoxy) is 10. The molecule has 1 unspecified atom stereocenters. The molecule has 1 rings (SSSR count). The molecule has 1 aromatic rings. The van der Waals surface area contributed by atoms with Crippen LogP contribution in [0.2, 0.25) is 0 Å². The van der Waals surface area contributed by atoms with Crippen LogP contribution in [0.15, 0.2) is 24.3 Å². The maximum atomic E-state index is 11.8. The van der Waals surface area contributed by atoms with Crippen LogP contribution in [-0.4, -0.2) is 172 Å². The van der Waals surface area contributed by atoms with Gasteiger partial charge in [-0.3, -0.25) is 34.2 Å². The molecule has 3 amide bonds. The van der Waals surface area contributed by atoms with Crippen molar-refractivity contribution in [2.45, 2.75) is 209 Å². The average molecular weight is 1210 g/mol. The van der Waals surface area contributed by atoms with E-state index in [4.69, 9.17) is 76.1 Å². The molecule has 24 nitrogen and oxygen atoms in total. The summed E-state index contributed by atoms with van der Waals surface area (Å²) in [6.45, 7) is 26.0. The van der Waals surface area contributed by atoms with Crippen molar-refractivity contribution in [1.82, 2.24) is 16.1 Å². The van der Waals surface area contributed by atoms with E-state index < -0.39 is 0 Å². The van der Waals surface area contributed by atoms with E-state index in [9.17, 15) is 28.8 Å². The lowest BCUT2D eigenvalue weighted by Crippen LogP contribution is -2.33. The second-order valence-electron chi connectivity index (χ2n) is 18.4. The molecule has 0 saturated heterocycles. The first-order valence-corrected chi connectivity index (χ1v) is 30.6. The number of methoxy groups -OCH3 is 1. The highest BCUT2D eigenvalue weighted by Crippen LogP contribution is 2.12. The van der Waals surface area contributed by atoms with Crippen molar-refractivity contribution in [3.05, 3.63) is 29.8 Å². The third-order valence-electron chi connectivity index (χ3n) is 11.4. The highest BCUT2D eigenvalue weighted by molar-refractivity contribution is 5.94. The summed E-state index contributed by atoms with van der Waals surface area (Å²) in [7, 11) is 1.67. The van der Waals surface area contributed by atoms with E-state index in [1.165, 1.54) is 0 Å². The predicted molar refractivity (Wildman–Crippen MR) is 329 cm³/mol. The fourth-order valence-corrected chi connectivity index (χ4v) is 7.36. The van der Waals surface area contributed by atoms with Gasteiger partial charge in [0.05, 0.1) is 12.7 Å². The number of nitrogens with two attached hydrogens (primary N) is 5. The van der Waals surface area contributed by atoms with E-state index in [1.807, 2.05) is 67.7 Å². The molecule has 13 N–H and O–H groups in total. The standard InChI is InChI=1S/C14H22N2O3.2C12H25NO3.C11H23N3O4.C11H23NO3/c1-3-18-13(19-4-2)9-10-16-14(17)11-5-7-12(15)8-6-11;1-3-16-12(10-15-2)8-4-6-11(14)7-5-9-13;1-3-15-12(16-4-2)8-6-5-7-11(14)9-10-13;1-3-17-11(18-4-2)7-8-13-9(15)5-6-10(16)14-12;1-3-14-11(15-4-2)7-5-6-10(13)8-9-12/h5-8,13H,3-4,9-10,15H2,1-2H3,(H,16,17);2*12H,3-10,13H2,1-2H3;11H,3-8,12H2,1-2H3,(H,13,15)(H,14,16);11H,3-9,12H2,1-2H3. The van der Waals surface area contributed by atoms with Crippen LogP contribution in [0, 0.1) is 0 Å². The summed E-state index contributed by atoms with van der Waals surface area (Å²) in [5, 5.41) is 5.52. The van der Waals surface area contributed by atoms with Crippen LogP contribution in [0.5, 0.6) is 0 Å². The summed E-state index contributed by atoms with van der Waals surface area (Å²) in [5.41, 5.74) is 24.7. The van der Waals surface area contributed by atoms with Crippen LogP contribution in [-0.2, 0) is 71.3 Å². The van der Waals surface area contributed by atoms with Gasteiger partial charge in [-0.15, -0.1) is 0 Å². The highest BCUT2D eigenvalue weighted by atomic mass is 16.7. The van der Waals surface area contributed by atoms with Crippen molar-refractivity contribution in [2.75, 3.05) is 112 Å². The van der Waals surface area contributed by atoms with Gasteiger partial charge < -0.3 is 80.9 Å². The van der Waals surface area contributed by atoms with E-state index in [-0.39, 0.29) is 73.4 Å². The number of carbonyl (C=O) groups is 6. The summed E-state index contributed by atoms with van der Waals surface area (Å²) >= 11 is 0. The number of rotatable bonds is 50. The first-order chi connectivity index (χ1) is 40.5. The third kappa shape index (κ3) is 59.6. The molecular formula is C60H118N8O16. The largest absolute Gasteiger partial charge is 0.399 e. The van der Waals surface area contributed by atoms with Gasteiger partial charge in [-0.25, -0.2) is 5.84 Å². The van der Waals surface area contributed by atoms with E-state index in [2.05, 4.69) is 10.6 Å². The SMILES string of the molecule is CCOC(CCCC(=O)CCCN)COC.CCOC(CCCC(=O)CCN)OCC.CCOC(CCCCC(=O)CCN)OCC.CCOC(CCNC(=O)CCC(=O)NN)OCC.CCOC(CCNC(=O)c1ccc(N)cc1)OCC. The van der Waals surface area contributed by atoms with Gasteiger partial charge in [0.15, 0.2) is 25.2 Å². The minimum absolute atomic E-state index is 0.0860. The van der Waals surface area contributed by atoms with Gasteiger partial charge in [0.1, 0.15) is 17.3 Å². The first kappa shape index (κ1) is 86.3. The molecular weight excluding hydrogens is 1090 g/mol. The first-order valence-electron chi connectivity index (χ1n) is 30.6. The number of hydrazine groups is 1. The van der Waals surface area contributed by atoms with Crippen molar-refractivity contribution < 1.29 is 76.1 Å². The van der Waals surface area contributed by atoms with Crippen molar-refractivity contribution >= 4 is 40.8 Å². The number of Topliss-reactive ketones (excluding diaryl/α,β-unsaturated/α-hetero) is 3. The predicted octanol–water partition coefficient (Wildman–Crippen LogP) is 6.30. The van der Waals surface area contributed by atoms with E-state index >= 15 is 0 Å². The Labute approximate surface area is 505 Å². The zero-order valence-corrected chi connectivity index (χ0v) is 53.4. The van der Waals surface area contributed by atoms with Crippen LogP contribution >= 0.6 is 0 Å². The van der Waals surface area contributed by atoms with Crippen molar-refractivity contribution in [2.24, 2.45) is 23.0 Å². The minimum Gasteiger partial charge on any atom is -0.399 e. The molecule has 0 aliphatic carbocycles. The molecule has 0 fully saturated rings. The normalized spacial score (nSPS) is 11.1. The zero-order valence-electron chi connectivity index (χ0n) is 53.4. The molecule has 0 heterocycles. The maximum absolute atomic E-state index is 11.8. The van der Waals surface area contributed by atoms with E-state index in [0.29, 0.717) is 167 Å². The number of amides is 3. The van der Waals surface area contributed by atoms with Gasteiger partial charge in [-0.1, -0.05) is 0 Å². The number of carbonyl (C=O) groups excluding carboxylic acids is 6. The molecule has 0 saturated carbocycles. The smallest absolute Gasteiger partial charge is 0.251 e. The molecule has 0 radical (unpaired) electrons. The second-order valence-corrected chi connectivity index (χ2v) is 18.4. The Kier molecular flexibility index (Phi) is 68.2. The Morgan fingerprint density at radius 2 is 0.786 bits per heavy atom. The Hall–Kier alpha value is -4.12. The van der Waals surface area contributed by atoms with Crippen LogP contribution in [0.1, 0.15) is 188 Å². The fraction of sp³-hybridized carbons (Fsp3) is 0.800. The van der Waals surface area contributed by atoms with Gasteiger partial charge in [-0.05, 0) is 158 Å². The number of hydrogen-bond donors (Lipinski definition) is 8. The average Bonchev–Trinajstić information content (AvgIpc) is 3.56. The summed E-state index contributed by atoms with van der Waals surface area (Å²) in [5.74, 6) is 5.02. The Balaban J connectivity index is -0.000000478. The summed E-state index contributed by atoms with van der Waals surface area (Å²) < 4.78 is 53.5. The van der Waals surface area contributed by atoms with Crippen molar-refractivity contribution in [3.63, 3.8) is 0 Å². The van der Waals surface area contributed by atoms with Gasteiger partial charge in [0, 0.05) is 155 Å². The van der Waals surface area contributed by atoms with E-state index in [1.54, 1.807) is 31.4 Å². The third-order valence-corrected chi connectivity index (χ3v) is 11.4. The Morgan fingerprint density at radius 3 is 1.19 bits per heavy atom. The van der Waals surface area contributed by atoms with Crippen LogP contribution < -0.4 is 44.8 Å². The molecule has 0 bridgehead atoms. The summed E-state index contributed by atoms with van der Waals surface area (Å²) in [6.07, 6.45) is 11.0. The monoisotopic (exact) mass is 1210 g/mol. The topological polar surface area (TPSA) is 361 Å². The minimum atomic E-state index is -0.355. The zero-order chi connectivity index (χ0) is 63.9. The Morgan fingerprint density at radius 1 is 0.417 bits per heavy atom. The quantitative estimate of drug-likeness (QED) is 0.00885.